The molecule has 2 aromatic rings. The van der Waals surface area contributed by atoms with E-state index in [4.69, 9.17) is 5.73 Å². The molecule has 94 valence electrons. The lowest BCUT2D eigenvalue weighted by atomic mass is 10.1. The third-order valence-electron chi connectivity index (χ3n) is 2.94. The van der Waals surface area contributed by atoms with Crippen LogP contribution in [0.2, 0.25) is 0 Å². The van der Waals surface area contributed by atoms with E-state index in [2.05, 4.69) is 40.0 Å². The molecule has 0 amide bonds. The second-order valence-electron chi connectivity index (χ2n) is 4.36. The van der Waals surface area contributed by atoms with Crippen LogP contribution < -0.4 is 10.6 Å². The van der Waals surface area contributed by atoms with E-state index >= 15 is 0 Å². The Morgan fingerprint density at radius 1 is 1.22 bits per heavy atom. The number of rotatable bonds is 4. The maximum absolute atomic E-state index is 5.57. The molecule has 2 rings (SSSR count). The molecule has 2 N–H and O–H groups in total. The van der Waals surface area contributed by atoms with Crippen LogP contribution in [-0.2, 0) is 13.1 Å². The molecule has 1 aromatic carbocycles. The Labute approximate surface area is 107 Å². The van der Waals surface area contributed by atoms with Gasteiger partial charge in [-0.1, -0.05) is 24.3 Å². The Hall–Kier alpha value is -1.94. The standard InChI is InChI=1S/C14H18N4/c1-11-5-3-4-6-12(11)10-18(2)14-9-16-8-13(7-15)17-14/h3-6,8-9H,7,10,15H2,1-2H3. The first-order valence-electron chi connectivity index (χ1n) is 5.97. The van der Waals surface area contributed by atoms with Gasteiger partial charge in [0.1, 0.15) is 5.82 Å². The third-order valence-corrected chi connectivity index (χ3v) is 2.94. The van der Waals surface area contributed by atoms with Crippen LogP contribution in [0.4, 0.5) is 5.82 Å². The van der Waals surface area contributed by atoms with Crippen molar-refractivity contribution in [2.75, 3.05) is 11.9 Å². The van der Waals surface area contributed by atoms with Gasteiger partial charge < -0.3 is 10.6 Å². The van der Waals surface area contributed by atoms with Gasteiger partial charge in [0.2, 0.25) is 0 Å². The topological polar surface area (TPSA) is 55.0 Å². The molecule has 4 heteroatoms. The first kappa shape index (κ1) is 12.5. The Balaban J connectivity index is 2.16. The SMILES string of the molecule is Cc1ccccc1CN(C)c1cncc(CN)n1. The summed E-state index contributed by atoms with van der Waals surface area (Å²) in [5.41, 5.74) is 8.96. The number of hydrogen-bond acceptors (Lipinski definition) is 4. The van der Waals surface area contributed by atoms with Crippen molar-refractivity contribution in [1.29, 1.82) is 0 Å². The quantitative estimate of drug-likeness (QED) is 0.889. The Kier molecular flexibility index (Phi) is 3.89. The lowest BCUT2D eigenvalue weighted by molar-refractivity contribution is 0.860. The van der Waals surface area contributed by atoms with Gasteiger partial charge in [-0.25, -0.2) is 4.98 Å². The first-order chi connectivity index (χ1) is 8.70. The Bertz CT molecular complexity index is 525. The molecule has 0 fully saturated rings. The fourth-order valence-corrected chi connectivity index (χ4v) is 1.80. The minimum atomic E-state index is 0.416. The average molecular weight is 242 g/mol. The number of nitrogens with zero attached hydrogens (tertiary/aromatic N) is 3. The zero-order valence-corrected chi connectivity index (χ0v) is 10.8. The van der Waals surface area contributed by atoms with Gasteiger partial charge in [0.15, 0.2) is 0 Å². The summed E-state index contributed by atoms with van der Waals surface area (Å²) in [6.45, 7) is 3.35. The molecule has 0 bridgehead atoms. The fourth-order valence-electron chi connectivity index (χ4n) is 1.80. The van der Waals surface area contributed by atoms with E-state index in [-0.39, 0.29) is 0 Å². The number of anilines is 1. The lowest BCUT2D eigenvalue weighted by Crippen LogP contribution is -2.19. The highest BCUT2D eigenvalue weighted by molar-refractivity contribution is 5.38. The molecule has 4 nitrogen and oxygen atoms in total. The summed E-state index contributed by atoms with van der Waals surface area (Å²) in [6, 6.07) is 8.35. The maximum Gasteiger partial charge on any atom is 0.147 e. The van der Waals surface area contributed by atoms with Crippen molar-refractivity contribution in [2.24, 2.45) is 5.73 Å². The van der Waals surface area contributed by atoms with Crippen molar-refractivity contribution in [3.05, 3.63) is 53.5 Å². The number of hydrogen-bond donors (Lipinski definition) is 1. The molecule has 0 aliphatic rings. The highest BCUT2D eigenvalue weighted by Gasteiger charge is 2.06. The molecule has 0 saturated carbocycles. The summed E-state index contributed by atoms with van der Waals surface area (Å²) < 4.78 is 0. The molecule has 0 spiro atoms. The van der Waals surface area contributed by atoms with Gasteiger partial charge >= 0.3 is 0 Å². The van der Waals surface area contributed by atoms with E-state index in [1.54, 1.807) is 12.4 Å². The van der Waals surface area contributed by atoms with Crippen LogP contribution in [0.25, 0.3) is 0 Å². The van der Waals surface area contributed by atoms with E-state index in [9.17, 15) is 0 Å². The second kappa shape index (κ2) is 5.60. The summed E-state index contributed by atoms with van der Waals surface area (Å²) >= 11 is 0. The van der Waals surface area contributed by atoms with Crippen LogP contribution >= 0.6 is 0 Å². The van der Waals surface area contributed by atoms with Crippen LogP contribution in [0.15, 0.2) is 36.7 Å². The summed E-state index contributed by atoms with van der Waals surface area (Å²) in [6.07, 6.45) is 3.46. The monoisotopic (exact) mass is 242 g/mol. The van der Waals surface area contributed by atoms with Gasteiger partial charge in [-0.05, 0) is 18.1 Å². The molecular weight excluding hydrogens is 224 g/mol. The first-order valence-corrected chi connectivity index (χ1v) is 5.97. The van der Waals surface area contributed by atoms with E-state index in [1.165, 1.54) is 11.1 Å². The van der Waals surface area contributed by atoms with Gasteiger partial charge in [0.05, 0.1) is 11.9 Å². The fraction of sp³-hybridized carbons (Fsp3) is 0.286. The summed E-state index contributed by atoms with van der Waals surface area (Å²) in [5.74, 6) is 0.848. The van der Waals surface area contributed by atoms with Crippen molar-refractivity contribution < 1.29 is 0 Å². The van der Waals surface area contributed by atoms with Crippen molar-refractivity contribution in [3.8, 4) is 0 Å². The molecule has 0 aliphatic heterocycles. The highest BCUT2D eigenvalue weighted by atomic mass is 15.2. The number of benzene rings is 1. The smallest absolute Gasteiger partial charge is 0.147 e. The molecule has 0 atom stereocenters. The van der Waals surface area contributed by atoms with Crippen molar-refractivity contribution in [3.63, 3.8) is 0 Å². The van der Waals surface area contributed by atoms with Crippen molar-refractivity contribution >= 4 is 5.82 Å². The van der Waals surface area contributed by atoms with Gasteiger partial charge in [0, 0.05) is 26.3 Å². The molecular formula is C14H18N4. The van der Waals surface area contributed by atoms with Gasteiger partial charge in [-0.2, -0.15) is 0 Å². The predicted molar refractivity (Wildman–Crippen MR) is 73.2 cm³/mol. The Morgan fingerprint density at radius 3 is 2.72 bits per heavy atom. The number of aromatic nitrogens is 2. The third kappa shape index (κ3) is 2.84. The molecule has 0 radical (unpaired) electrons. The van der Waals surface area contributed by atoms with Gasteiger partial charge in [0.25, 0.3) is 0 Å². The van der Waals surface area contributed by atoms with Crippen LogP contribution in [0, 0.1) is 6.92 Å². The predicted octanol–water partition coefficient (Wildman–Crippen LogP) is 1.88. The molecule has 1 heterocycles. The van der Waals surface area contributed by atoms with Crippen LogP contribution in [0.3, 0.4) is 0 Å². The number of aryl methyl sites for hydroxylation is 1. The normalized spacial score (nSPS) is 10.4. The minimum absolute atomic E-state index is 0.416. The van der Waals surface area contributed by atoms with E-state index in [0.717, 1.165) is 18.1 Å². The second-order valence-corrected chi connectivity index (χ2v) is 4.36. The zero-order valence-electron chi connectivity index (χ0n) is 10.8. The van der Waals surface area contributed by atoms with Crippen LogP contribution in [-0.4, -0.2) is 17.0 Å². The highest BCUT2D eigenvalue weighted by Crippen LogP contribution is 2.14. The summed E-state index contributed by atoms with van der Waals surface area (Å²) in [5, 5.41) is 0. The summed E-state index contributed by atoms with van der Waals surface area (Å²) in [4.78, 5) is 10.7. The molecule has 18 heavy (non-hydrogen) atoms. The van der Waals surface area contributed by atoms with E-state index < -0.39 is 0 Å². The maximum atomic E-state index is 5.57. The van der Waals surface area contributed by atoms with Crippen LogP contribution in [0.1, 0.15) is 16.8 Å². The molecule has 0 saturated heterocycles. The minimum Gasteiger partial charge on any atom is -0.354 e. The molecule has 0 aliphatic carbocycles. The van der Waals surface area contributed by atoms with Crippen molar-refractivity contribution in [1.82, 2.24) is 9.97 Å². The van der Waals surface area contributed by atoms with E-state index in [0.29, 0.717) is 6.54 Å². The molecule has 1 aromatic heterocycles. The largest absolute Gasteiger partial charge is 0.354 e. The zero-order chi connectivity index (χ0) is 13.0. The van der Waals surface area contributed by atoms with Crippen molar-refractivity contribution in [2.45, 2.75) is 20.0 Å². The Morgan fingerprint density at radius 2 is 2.00 bits per heavy atom. The van der Waals surface area contributed by atoms with E-state index in [1.807, 2.05) is 13.1 Å². The number of nitrogens with two attached hydrogens (primary N) is 1. The van der Waals surface area contributed by atoms with Crippen LogP contribution in [0.5, 0.6) is 0 Å². The summed E-state index contributed by atoms with van der Waals surface area (Å²) in [7, 11) is 2.01. The lowest BCUT2D eigenvalue weighted by Gasteiger charge is -2.19. The van der Waals surface area contributed by atoms with Gasteiger partial charge in [-0.3, -0.25) is 4.98 Å². The average Bonchev–Trinajstić information content (AvgIpc) is 2.41. The van der Waals surface area contributed by atoms with Gasteiger partial charge in [-0.15, -0.1) is 0 Å². The molecule has 0 unspecified atom stereocenters.